The van der Waals surface area contributed by atoms with Crippen molar-refractivity contribution in [3.63, 3.8) is 0 Å². The summed E-state index contributed by atoms with van der Waals surface area (Å²) in [5.74, 6) is 0.408. The van der Waals surface area contributed by atoms with Gasteiger partial charge in [-0.25, -0.2) is 4.79 Å². The molecule has 98 valence electrons. The predicted octanol–water partition coefficient (Wildman–Crippen LogP) is 3.18. The molecule has 0 unspecified atom stereocenters. The van der Waals surface area contributed by atoms with E-state index in [9.17, 15) is 4.79 Å². The highest BCUT2D eigenvalue weighted by Gasteiger charge is 2.16. The normalized spacial score (nSPS) is 15.8. The minimum atomic E-state index is -0.296. The van der Waals surface area contributed by atoms with E-state index in [1.54, 1.807) is 6.07 Å². The first-order chi connectivity index (χ1) is 8.81. The monoisotopic (exact) mass is 248 g/mol. The molecule has 18 heavy (non-hydrogen) atoms. The highest BCUT2D eigenvalue weighted by atomic mass is 16.5. The Morgan fingerprint density at radius 3 is 2.72 bits per heavy atom. The van der Waals surface area contributed by atoms with E-state index in [0.717, 1.165) is 12.2 Å². The molecule has 1 aromatic rings. The van der Waals surface area contributed by atoms with Crippen LogP contribution in [0.4, 0.5) is 0 Å². The Balaban J connectivity index is 1.89. The number of rotatable bonds is 5. The molecule has 1 aromatic carbocycles. The van der Waals surface area contributed by atoms with Crippen molar-refractivity contribution in [1.82, 2.24) is 0 Å². The van der Waals surface area contributed by atoms with E-state index in [0.29, 0.717) is 18.1 Å². The molecule has 0 spiro atoms. The summed E-state index contributed by atoms with van der Waals surface area (Å²) in [5, 5.41) is 0. The van der Waals surface area contributed by atoms with Crippen LogP contribution in [0, 0.1) is 5.92 Å². The van der Waals surface area contributed by atoms with E-state index in [4.69, 9.17) is 9.47 Å². The Labute approximate surface area is 108 Å². The molecule has 0 aliphatic heterocycles. The van der Waals surface area contributed by atoms with E-state index in [-0.39, 0.29) is 5.97 Å². The Kier molecular flexibility index (Phi) is 4.76. The van der Waals surface area contributed by atoms with Gasteiger partial charge in [0, 0.05) is 6.61 Å². The Morgan fingerprint density at radius 2 is 2.00 bits per heavy atom. The third-order valence-corrected chi connectivity index (χ3v) is 3.51. The fraction of sp³-hybridized carbons (Fsp3) is 0.533. The maximum atomic E-state index is 11.6. The molecule has 0 atom stereocenters. The molecule has 0 saturated heterocycles. The van der Waals surface area contributed by atoms with Gasteiger partial charge in [0.25, 0.3) is 0 Å². The van der Waals surface area contributed by atoms with E-state index >= 15 is 0 Å². The lowest BCUT2D eigenvalue weighted by molar-refractivity contribution is 0.0586. The van der Waals surface area contributed by atoms with Gasteiger partial charge in [-0.1, -0.05) is 31.0 Å². The van der Waals surface area contributed by atoms with E-state index in [1.165, 1.54) is 32.8 Å². The number of carbonyl (C=O) groups excluding carboxylic acids is 1. The van der Waals surface area contributed by atoms with Gasteiger partial charge in [0.05, 0.1) is 19.3 Å². The van der Waals surface area contributed by atoms with Gasteiger partial charge in [-0.3, -0.25) is 0 Å². The van der Waals surface area contributed by atoms with E-state index < -0.39 is 0 Å². The van der Waals surface area contributed by atoms with Gasteiger partial charge in [-0.15, -0.1) is 0 Å². The van der Waals surface area contributed by atoms with Gasteiger partial charge < -0.3 is 9.47 Å². The van der Waals surface area contributed by atoms with Gasteiger partial charge in [0.1, 0.15) is 0 Å². The summed E-state index contributed by atoms with van der Waals surface area (Å²) in [6.07, 6.45) is 5.21. The standard InChI is InChI=1S/C15H20O3/c1-17-15(16)14-9-5-4-8-13(14)11-18-10-12-6-2-3-7-12/h4-5,8-9,12H,2-3,6-7,10-11H2,1H3. The number of ether oxygens (including phenoxy) is 2. The molecule has 0 heterocycles. The summed E-state index contributed by atoms with van der Waals surface area (Å²) < 4.78 is 10.5. The average molecular weight is 248 g/mol. The van der Waals surface area contributed by atoms with Crippen LogP contribution in [-0.4, -0.2) is 19.7 Å². The van der Waals surface area contributed by atoms with Crippen LogP contribution in [0.15, 0.2) is 24.3 Å². The number of benzene rings is 1. The van der Waals surface area contributed by atoms with Gasteiger partial charge in [0.2, 0.25) is 0 Å². The Morgan fingerprint density at radius 1 is 1.28 bits per heavy atom. The van der Waals surface area contributed by atoms with Crippen molar-refractivity contribution in [2.75, 3.05) is 13.7 Å². The molecule has 0 bridgehead atoms. The minimum Gasteiger partial charge on any atom is -0.465 e. The minimum absolute atomic E-state index is 0.296. The van der Waals surface area contributed by atoms with Crippen LogP contribution >= 0.6 is 0 Å². The fourth-order valence-corrected chi connectivity index (χ4v) is 2.47. The molecular weight excluding hydrogens is 228 g/mol. The van der Waals surface area contributed by atoms with Crippen LogP contribution in [0.2, 0.25) is 0 Å². The zero-order chi connectivity index (χ0) is 12.8. The number of carbonyl (C=O) groups is 1. The topological polar surface area (TPSA) is 35.5 Å². The molecule has 0 aromatic heterocycles. The van der Waals surface area contributed by atoms with Gasteiger partial charge in [0.15, 0.2) is 0 Å². The largest absolute Gasteiger partial charge is 0.465 e. The molecule has 0 N–H and O–H groups in total. The second kappa shape index (κ2) is 6.55. The van der Waals surface area contributed by atoms with E-state index in [1.807, 2.05) is 18.2 Å². The lowest BCUT2D eigenvalue weighted by Crippen LogP contribution is -2.09. The highest BCUT2D eigenvalue weighted by molar-refractivity contribution is 5.90. The Bertz CT molecular complexity index is 394. The molecular formula is C15H20O3. The number of hydrogen-bond acceptors (Lipinski definition) is 3. The van der Waals surface area contributed by atoms with Crippen molar-refractivity contribution in [2.45, 2.75) is 32.3 Å². The van der Waals surface area contributed by atoms with Crippen molar-refractivity contribution in [2.24, 2.45) is 5.92 Å². The highest BCUT2D eigenvalue weighted by Crippen LogP contribution is 2.25. The summed E-state index contributed by atoms with van der Waals surface area (Å²) >= 11 is 0. The van der Waals surface area contributed by atoms with Crippen LogP contribution in [0.25, 0.3) is 0 Å². The van der Waals surface area contributed by atoms with Crippen LogP contribution in [0.1, 0.15) is 41.6 Å². The number of hydrogen-bond donors (Lipinski definition) is 0. The first-order valence-electron chi connectivity index (χ1n) is 6.55. The fourth-order valence-electron chi connectivity index (χ4n) is 2.47. The van der Waals surface area contributed by atoms with Crippen molar-refractivity contribution >= 4 is 5.97 Å². The van der Waals surface area contributed by atoms with Crippen LogP contribution in [-0.2, 0) is 16.1 Å². The summed E-state index contributed by atoms with van der Waals surface area (Å²) in [4.78, 5) is 11.6. The molecule has 0 amide bonds. The molecule has 1 aliphatic carbocycles. The molecule has 1 saturated carbocycles. The summed E-state index contributed by atoms with van der Waals surface area (Å²) in [7, 11) is 1.40. The van der Waals surface area contributed by atoms with Crippen molar-refractivity contribution < 1.29 is 14.3 Å². The summed E-state index contributed by atoms with van der Waals surface area (Å²) in [6, 6.07) is 7.45. The van der Waals surface area contributed by atoms with Gasteiger partial charge >= 0.3 is 5.97 Å². The third kappa shape index (κ3) is 3.33. The lowest BCUT2D eigenvalue weighted by Gasteiger charge is -2.11. The third-order valence-electron chi connectivity index (χ3n) is 3.51. The second-order valence-corrected chi connectivity index (χ2v) is 4.81. The SMILES string of the molecule is COC(=O)c1ccccc1COCC1CCCC1. The maximum Gasteiger partial charge on any atom is 0.338 e. The second-order valence-electron chi connectivity index (χ2n) is 4.81. The summed E-state index contributed by atoms with van der Waals surface area (Å²) in [6.45, 7) is 1.29. The predicted molar refractivity (Wildman–Crippen MR) is 69.4 cm³/mol. The molecule has 0 radical (unpaired) electrons. The average Bonchev–Trinajstić information content (AvgIpc) is 2.92. The van der Waals surface area contributed by atoms with Crippen LogP contribution < -0.4 is 0 Å². The van der Waals surface area contributed by atoms with Crippen molar-refractivity contribution in [3.05, 3.63) is 35.4 Å². The van der Waals surface area contributed by atoms with Crippen molar-refractivity contribution in [3.8, 4) is 0 Å². The zero-order valence-electron chi connectivity index (χ0n) is 10.9. The quantitative estimate of drug-likeness (QED) is 0.751. The van der Waals surface area contributed by atoms with Gasteiger partial charge in [-0.05, 0) is 30.4 Å². The zero-order valence-corrected chi connectivity index (χ0v) is 10.9. The summed E-state index contributed by atoms with van der Waals surface area (Å²) in [5.41, 5.74) is 1.51. The number of esters is 1. The van der Waals surface area contributed by atoms with Crippen molar-refractivity contribution in [1.29, 1.82) is 0 Å². The van der Waals surface area contributed by atoms with Crippen LogP contribution in [0.5, 0.6) is 0 Å². The molecule has 1 aliphatic rings. The molecule has 2 rings (SSSR count). The molecule has 3 nitrogen and oxygen atoms in total. The van der Waals surface area contributed by atoms with Gasteiger partial charge in [-0.2, -0.15) is 0 Å². The number of methoxy groups -OCH3 is 1. The van der Waals surface area contributed by atoms with Crippen LogP contribution in [0.3, 0.4) is 0 Å². The Hall–Kier alpha value is -1.35. The molecule has 3 heteroatoms. The van der Waals surface area contributed by atoms with E-state index in [2.05, 4.69) is 0 Å². The maximum absolute atomic E-state index is 11.6. The first-order valence-corrected chi connectivity index (χ1v) is 6.55. The smallest absolute Gasteiger partial charge is 0.338 e. The lowest BCUT2D eigenvalue weighted by atomic mass is 10.1. The first kappa shape index (κ1) is 13.1. The molecule has 1 fully saturated rings.